The zero-order valence-corrected chi connectivity index (χ0v) is 12.9. The summed E-state index contributed by atoms with van der Waals surface area (Å²) >= 11 is 1.45. The van der Waals surface area contributed by atoms with E-state index in [0.29, 0.717) is 11.5 Å². The number of carbonyl (C=O) groups excluding carboxylic acids is 1. The molecule has 1 aliphatic heterocycles. The first-order chi connectivity index (χ1) is 10.6. The second kappa shape index (κ2) is 5.98. The first-order valence-electron chi connectivity index (χ1n) is 6.99. The summed E-state index contributed by atoms with van der Waals surface area (Å²) in [6, 6.07) is 10.9. The molecule has 0 aliphatic carbocycles. The largest absolute Gasteiger partial charge is 0.485 e. The molecule has 1 aliphatic rings. The summed E-state index contributed by atoms with van der Waals surface area (Å²) in [5.41, 5.74) is -1.10. The lowest BCUT2D eigenvalue weighted by Gasteiger charge is -2.27. The second-order valence-electron chi connectivity index (χ2n) is 5.33. The standard InChI is InChI=1S/C16H17NO4S/c1-16(19,14-7-4-8-22-14)10-17-15(18)13-9-20-11-5-2-3-6-12(11)21-13/h2-8,13,19H,9-10H2,1H3,(H,17,18)/t13-,16-/m1/s1. The third kappa shape index (κ3) is 3.08. The SMILES string of the molecule is C[C@@](O)(CNC(=O)[C@H]1COc2ccccc2O1)c1cccs1. The molecule has 1 amide bonds. The molecule has 116 valence electrons. The number of rotatable bonds is 4. The summed E-state index contributed by atoms with van der Waals surface area (Å²) in [5, 5.41) is 15.0. The minimum absolute atomic E-state index is 0.119. The number of nitrogens with one attached hydrogen (secondary N) is 1. The lowest BCUT2D eigenvalue weighted by atomic mass is 10.1. The number of para-hydroxylation sites is 2. The van der Waals surface area contributed by atoms with Gasteiger partial charge in [-0.05, 0) is 30.5 Å². The maximum Gasteiger partial charge on any atom is 0.264 e. The minimum atomic E-state index is -1.10. The van der Waals surface area contributed by atoms with Crippen LogP contribution in [0.15, 0.2) is 41.8 Å². The molecule has 2 N–H and O–H groups in total. The van der Waals surface area contributed by atoms with Crippen molar-refractivity contribution in [1.82, 2.24) is 5.32 Å². The van der Waals surface area contributed by atoms with Gasteiger partial charge in [0.05, 0.1) is 6.54 Å². The molecule has 3 rings (SSSR count). The summed E-state index contributed by atoms with van der Waals surface area (Å²) in [6.07, 6.45) is -0.714. The number of fused-ring (bicyclic) bond motifs is 1. The molecule has 0 unspecified atom stereocenters. The van der Waals surface area contributed by atoms with Crippen molar-refractivity contribution in [3.63, 3.8) is 0 Å². The summed E-state index contributed by atoms with van der Waals surface area (Å²) < 4.78 is 11.1. The Hall–Kier alpha value is -2.05. The summed E-state index contributed by atoms with van der Waals surface area (Å²) in [7, 11) is 0. The molecule has 22 heavy (non-hydrogen) atoms. The highest BCUT2D eigenvalue weighted by molar-refractivity contribution is 7.10. The Kier molecular flexibility index (Phi) is 4.04. The van der Waals surface area contributed by atoms with Crippen LogP contribution in [0.5, 0.6) is 11.5 Å². The van der Waals surface area contributed by atoms with Gasteiger partial charge in [0.2, 0.25) is 6.10 Å². The Bertz CT molecular complexity index is 654. The van der Waals surface area contributed by atoms with Gasteiger partial charge in [-0.25, -0.2) is 0 Å². The molecule has 0 spiro atoms. The van der Waals surface area contributed by atoms with Crippen LogP contribution < -0.4 is 14.8 Å². The molecule has 2 heterocycles. The van der Waals surface area contributed by atoms with E-state index in [-0.39, 0.29) is 19.1 Å². The quantitative estimate of drug-likeness (QED) is 0.903. The maximum absolute atomic E-state index is 12.2. The predicted molar refractivity (Wildman–Crippen MR) is 83.3 cm³/mol. The van der Waals surface area contributed by atoms with Crippen molar-refractivity contribution in [3.05, 3.63) is 46.7 Å². The van der Waals surface area contributed by atoms with Crippen LogP contribution in [0.2, 0.25) is 0 Å². The van der Waals surface area contributed by atoms with Crippen molar-refractivity contribution in [2.24, 2.45) is 0 Å². The van der Waals surface area contributed by atoms with E-state index >= 15 is 0 Å². The van der Waals surface area contributed by atoms with Crippen LogP contribution in [0.25, 0.3) is 0 Å². The zero-order chi connectivity index (χ0) is 15.6. The Labute approximate surface area is 132 Å². The molecular formula is C16H17NO4S. The number of aliphatic hydroxyl groups is 1. The number of thiophene rings is 1. The van der Waals surface area contributed by atoms with Gasteiger partial charge < -0.3 is 19.9 Å². The highest BCUT2D eigenvalue weighted by Gasteiger charge is 2.30. The minimum Gasteiger partial charge on any atom is -0.485 e. The molecule has 1 aromatic heterocycles. The number of carbonyl (C=O) groups is 1. The van der Waals surface area contributed by atoms with Crippen molar-refractivity contribution in [2.75, 3.05) is 13.2 Å². The van der Waals surface area contributed by atoms with Crippen LogP contribution in [0.4, 0.5) is 0 Å². The molecule has 2 atom stereocenters. The van der Waals surface area contributed by atoms with Crippen molar-refractivity contribution in [2.45, 2.75) is 18.6 Å². The van der Waals surface area contributed by atoms with E-state index in [9.17, 15) is 9.90 Å². The molecule has 1 aromatic carbocycles. The number of ether oxygens (including phenoxy) is 2. The third-order valence-corrected chi connectivity index (χ3v) is 4.58. The number of hydrogen-bond acceptors (Lipinski definition) is 5. The van der Waals surface area contributed by atoms with E-state index in [0.717, 1.165) is 4.88 Å². The van der Waals surface area contributed by atoms with E-state index in [2.05, 4.69) is 5.32 Å². The van der Waals surface area contributed by atoms with E-state index in [1.54, 1.807) is 19.1 Å². The Morgan fingerprint density at radius 3 is 2.86 bits per heavy atom. The van der Waals surface area contributed by atoms with Crippen molar-refractivity contribution >= 4 is 17.2 Å². The fraction of sp³-hybridized carbons (Fsp3) is 0.312. The Morgan fingerprint density at radius 1 is 1.36 bits per heavy atom. The van der Waals surface area contributed by atoms with Gasteiger partial charge in [-0.15, -0.1) is 11.3 Å². The average molecular weight is 319 g/mol. The van der Waals surface area contributed by atoms with Gasteiger partial charge in [-0.2, -0.15) is 0 Å². The van der Waals surface area contributed by atoms with Crippen LogP contribution in [-0.2, 0) is 10.4 Å². The summed E-state index contributed by atoms with van der Waals surface area (Å²) in [4.78, 5) is 13.0. The first kappa shape index (κ1) is 14.9. The van der Waals surface area contributed by atoms with Gasteiger partial charge in [0.15, 0.2) is 11.5 Å². The van der Waals surface area contributed by atoms with Crippen molar-refractivity contribution in [3.8, 4) is 11.5 Å². The van der Waals surface area contributed by atoms with Gasteiger partial charge in [0.1, 0.15) is 12.2 Å². The summed E-state index contributed by atoms with van der Waals surface area (Å²) in [6.45, 7) is 1.95. The van der Waals surface area contributed by atoms with Crippen LogP contribution >= 0.6 is 11.3 Å². The lowest BCUT2D eigenvalue weighted by molar-refractivity contribution is -0.131. The molecule has 0 fully saturated rings. The monoisotopic (exact) mass is 319 g/mol. The van der Waals surface area contributed by atoms with Gasteiger partial charge >= 0.3 is 0 Å². The van der Waals surface area contributed by atoms with E-state index in [1.807, 2.05) is 29.6 Å². The molecule has 2 aromatic rings. The molecule has 6 heteroatoms. The van der Waals surface area contributed by atoms with E-state index in [1.165, 1.54) is 11.3 Å². The van der Waals surface area contributed by atoms with Crippen molar-refractivity contribution in [1.29, 1.82) is 0 Å². The van der Waals surface area contributed by atoms with Crippen LogP contribution in [0.1, 0.15) is 11.8 Å². The number of hydrogen-bond donors (Lipinski definition) is 2. The first-order valence-corrected chi connectivity index (χ1v) is 7.87. The fourth-order valence-electron chi connectivity index (χ4n) is 2.19. The molecule has 0 saturated heterocycles. The molecular weight excluding hydrogens is 302 g/mol. The lowest BCUT2D eigenvalue weighted by Crippen LogP contribution is -2.47. The normalized spacial score (nSPS) is 19.3. The Morgan fingerprint density at radius 2 is 2.14 bits per heavy atom. The molecule has 0 saturated carbocycles. The highest BCUT2D eigenvalue weighted by atomic mass is 32.1. The van der Waals surface area contributed by atoms with Crippen molar-refractivity contribution < 1.29 is 19.4 Å². The number of benzene rings is 1. The topological polar surface area (TPSA) is 67.8 Å². The van der Waals surface area contributed by atoms with Gasteiger partial charge in [0, 0.05) is 4.88 Å². The zero-order valence-electron chi connectivity index (χ0n) is 12.1. The molecule has 5 nitrogen and oxygen atoms in total. The summed E-state index contributed by atoms with van der Waals surface area (Å²) in [5.74, 6) is 0.891. The van der Waals surface area contributed by atoms with Crippen LogP contribution in [0, 0.1) is 0 Å². The second-order valence-corrected chi connectivity index (χ2v) is 6.28. The van der Waals surface area contributed by atoms with Gasteiger partial charge in [-0.1, -0.05) is 18.2 Å². The third-order valence-electron chi connectivity index (χ3n) is 3.46. The predicted octanol–water partition coefficient (Wildman–Crippen LogP) is 1.91. The molecule has 0 radical (unpaired) electrons. The highest BCUT2D eigenvalue weighted by Crippen LogP contribution is 2.31. The number of amides is 1. The van der Waals surface area contributed by atoms with E-state index in [4.69, 9.17) is 9.47 Å². The van der Waals surface area contributed by atoms with Crippen LogP contribution in [0.3, 0.4) is 0 Å². The van der Waals surface area contributed by atoms with Gasteiger partial charge in [-0.3, -0.25) is 4.79 Å². The average Bonchev–Trinajstić information content (AvgIpc) is 3.07. The van der Waals surface area contributed by atoms with Crippen LogP contribution in [-0.4, -0.2) is 30.3 Å². The molecule has 0 bridgehead atoms. The Balaban J connectivity index is 1.59. The smallest absolute Gasteiger partial charge is 0.264 e. The maximum atomic E-state index is 12.2. The van der Waals surface area contributed by atoms with Gasteiger partial charge in [0.25, 0.3) is 5.91 Å². The van der Waals surface area contributed by atoms with E-state index < -0.39 is 11.7 Å². The fourth-order valence-corrected chi connectivity index (χ4v) is 2.98.